The summed E-state index contributed by atoms with van der Waals surface area (Å²) in [6, 6.07) is 7.22. The number of hydrogen-bond donors (Lipinski definition) is 0. The maximum Gasteiger partial charge on any atom is 0.464 e. The molecule has 0 aliphatic carbocycles. The second kappa shape index (κ2) is 5.55. The molecule has 0 aromatic heterocycles. The molecule has 0 saturated heterocycles. The van der Waals surface area contributed by atoms with Gasteiger partial charge in [0, 0.05) is 14.2 Å². The van der Waals surface area contributed by atoms with E-state index in [0.717, 1.165) is 0 Å². The van der Waals surface area contributed by atoms with Gasteiger partial charge in [-0.15, -0.1) is 0 Å². The molecule has 6 nitrogen and oxygen atoms in total. The molecule has 1 aromatic rings. The van der Waals surface area contributed by atoms with Crippen molar-refractivity contribution in [3.8, 4) is 11.5 Å². The zero-order valence-corrected chi connectivity index (χ0v) is 12.0. The maximum absolute atomic E-state index is 12.0. The maximum atomic E-state index is 12.0. The molecular formula is C10H14O6P2. The standard InChI is InChI=1S/C10H14O6P2/c1-8(18(11,12-2)13-3)14-17-15-9-6-4-5-7-10(9)16-17/h4-8H,1-3H3. The largest absolute Gasteiger partial charge is 0.464 e. The number of hydrogen-bond acceptors (Lipinski definition) is 6. The number of rotatable bonds is 5. The van der Waals surface area contributed by atoms with Gasteiger partial charge < -0.3 is 18.1 Å². The van der Waals surface area contributed by atoms with Crippen molar-refractivity contribution in [1.82, 2.24) is 0 Å². The Kier molecular flexibility index (Phi) is 4.25. The van der Waals surface area contributed by atoms with Crippen molar-refractivity contribution in [3.63, 3.8) is 0 Å². The van der Waals surface area contributed by atoms with Crippen molar-refractivity contribution in [3.05, 3.63) is 24.3 Å². The minimum absolute atomic E-state index is 0.612. The van der Waals surface area contributed by atoms with E-state index in [0.29, 0.717) is 11.5 Å². The van der Waals surface area contributed by atoms with Gasteiger partial charge in [-0.25, -0.2) is 0 Å². The molecule has 1 aliphatic heterocycles. The first-order valence-corrected chi connectivity index (χ1v) is 7.93. The Morgan fingerprint density at radius 2 is 1.67 bits per heavy atom. The quantitative estimate of drug-likeness (QED) is 0.773. The molecule has 0 radical (unpaired) electrons. The van der Waals surface area contributed by atoms with Gasteiger partial charge in [-0.05, 0) is 19.1 Å². The average molecular weight is 292 g/mol. The molecule has 0 spiro atoms. The zero-order chi connectivity index (χ0) is 13.2. The van der Waals surface area contributed by atoms with Crippen molar-refractivity contribution >= 4 is 16.2 Å². The van der Waals surface area contributed by atoms with Crippen LogP contribution >= 0.6 is 16.2 Å². The summed E-state index contributed by atoms with van der Waals surface area (Å²) in [5.41, 5.74) is 0. The van der Waals surface area contributed by atoms with Crippen LogP contribution in [0.1, 0.15) is 6.92 Å². The Morgan fingerprint density at radius 1 is 1.17 bits per heavy atom. The molecule has 1 unspecified atom stereocenters. The van der Waals surface area contributed by atoms with Crippen LogP contribution in [0, 0.1) is 0 Å². The third-order valence-corrected chi connectivity index (χ3v) is 5.75. The highest BCUT2D eigenvalue weighted by atomic mass is 31.2. The number of fused-ring (bicyclic) bond motifs is 1. The van der Waals surface area contributed by atoms with Crippen LogP contribution in [0.4, 0.5) is 0 Å². The van der Waals surface area contributed by atoms with Gasteiger partial charge in [0.2, 0.25) is 0 Å². The highest BCUT2D eigenvalue weighted by Gasteiger charge is 2.38. The molecule has 100 valence electrons. The van der Waals surface area contributed by atoms with Gasteiger partial charge in [-0.1, -0.05) is 12.1 Å². The molecule has 0 amide bonds. The van der Waals surface area contributed by atoms with E-state index in [-0.39, 0.29) is 0 Å². The summed E-state index contributed by atoms with van der Waals surface area (Å²) in [5.74, 6) is 0.453. The summed E-state index contributed by atoms with van der Waals surface area (Å²) in [7, 11) is -2.29. The zero-order valence-electron chi connectivity index (χ0n) is 10.2. The SMILES string of the molecule is COP(=O)(OC)C(C)OP1Oc2ccccc2O1. The predicted octanol–water partition coefficient (Wildman–Crippen LogP) is 3.53. The fourth-order valence-electron chi connectivity index (χ4n) is 1.38. The van der Waals surface area contributed by atoms with Crippen LogP contribution in [0.15, 0.2) is 24.3 Å². The van der Waals surface area contributed by atoms with Gasteiger partial charge in [0.25, 0.3) is 0 Å². The smallest absolute Gasteiger partial charge is 0.414 e. The molecule has 1 aromatic carbocycles. The first kappa shape index (κ1) is 13.8. The minimum atomic E-state index is -3.29. The number of para-hydroxylation sites is 2. The van der Waals surface area contributed by atoms with Crippen molar-refractivity contribution in [2.75, 3.05) is 14.2 Å². The van der Waals surface area contributed by atoms with E-state index in [2.05, 4.69) is 0 Å². The lowest BCUT2D eigenvalue weighted by Crippen LogP contribution is -2.10. The van der Waals surface area contributed by atoms with Crippen molar-refractivity contribution in [1.29, 1.82) is 0 Å². The molecular weight excluding hydrogens is 278 g/mol. The molecule has 0 N–H and O–H groups in total. The van der Waals surface area contributed by atoms with E-state index in [1.54, 1.807) is 19.1 Å². The highest BCUT2D eigenvalue weighted by Crippen LogP contribution is 2.59. The summed E-state index contributed by atoms with van der Waals surface area (Å²) in [5, 5.41) is 0. The monoisotopic (exact) mass is 292 g/mol. The average Bonchev–Trinajstić information content (AvgIpc) is 2.79. The van der Waals surface area contributed by atoms with Crippen molar-refractivity contribution in [2.24, 2.45) is 0 Å². The van der Waals surface area contributed by atoms with Gasteiger partial charge in [-0.2, -0.15) is 0 Å². The predicted molar refractivity (Wildman–Crippen MR) is 66.8 cm³/mol. The minimum Gasteiger partial charge on any atom is -0.414 e. The molecule has 0 saturated carbocycles. The summed E-state index contributed by atoms with van der Waals surface area (Å²) in [6.07, 6.45) is 0. The second-order valence-corrected chi connectivity index (χ2v) is 7.02. The van der Waals surface area contributed by atoms with Gasteiger partial charge >= 0.3 is 16.2 Å². The van der Waals surface area contributed by atoms with Crippen LogP contribution in [0.2, 0.25) is 0 Å². The lowest BCUT2D eigenvalue weighted by atomic mass is 10.3. The van der Waals surface area contributed by atoms with E-state index in [4.69, 9.17) is 22.6 Å². The molecule has 0 fully saturated rings. The third kappa shape index (κ3) is 2.68. The summed E-state index contributed by atoms with van der Waals surface area (Å²) < 4.78 is 38.1. The molecule has 1 atom stereocenters. The summed E-state index contributed by atoms with van der Waals surface area (Å²) in [6.45, 7) is 1.59. The summed E-state index contributed by atoms with van der Waals surface area (Å²) >= 11 is 0. The number of benzene rings is 1. The Hall–Kier alpha value is -0.640. The Bertz CT molecular complexity index is 432. The normalized spacial score (nSPS) is 16.8. The van der Waals surface area contributed by atoms with Crippen molar-refractivity contribution < 1.29 is 27.2 Å². The van der Waals surface area contributed by atoms with Gasteiger partial charge in [-0.3, -0.25) is 9.09 Å². The van der Waals surface area contributed by atoms with Crippen LogP contribution in [0.3, 0.4) is 0 Å². The lowest BCUT2D eigenvalue weighted by molar-refractivity contribution is 0.191. The molecule has 2 rings (SSSR count). The lowest BCUT2D eigenvalue weighted by Gasteiger charge is -2.21. The van der Waals surface area contributed by atoms with Crippen LogP contribution in [-0.2, 0) is 18.1 Å². The fraction of sp³-hybridized carbons (Fsp3) is 0.400. The highest BCUT2D eigenvalue weighted by molar-refractivity contribution is 7.55. The topological polar surface area (TPSA) is 63.2 Å². The molecule has 18 heavy (non-hydrogen) atoms. The molecule has 8 heteroatoms. The summed E-state index contributed by atoms with van der Waals surface area (Å²) in [4.78, 5) is 0. The van der Waals surface area contributed by atoms with Crippen LogP contribution in [-0.4, -0.2) is 20.1 Å². The Morgan fingerprint density at radius 3 is 2.11 bits per heavy atom. The van der Waals surface area contributed by atoms with Gasteiger partial charge in [0.1, 0.15) is 0 Å². The van der Waals surface area contributed by atoms with E-state index in [1.165, 1.54) is 14.2 Å². The fourth-order valence-corrected chi connectivity index (χ4v) is 3.81. The van der Waals surface area contributed by atoms with E-state index >= 15 is 0 Å². The Balaban J connectivity index is 1.99. The molecule has 1 aliphatic rings. The van der Waals surface area contributed by atoms with Gasteiger partial charge in [0.05, 0.1) is 0 Å². The van der Waals surface area contributed by atoms with Crippen molar-refractivity contribution in [2.45, 2.75) is 12.8 Å². The van der Waals surface area contributed by atoms with E-state index < -0.39 is 22.0 Å². The Labute approximate surface area is 107 Å². The molecule has 1 heterocycles. The second-order valence-electron chi connectivity index (χ2n) is 3.46. The van der Waals surface area contributed by atoms with Crippen LogP contribution < -0.4 is 9.05 Å². The van der Waals surface area contributed by atoms with Gasteiger partial charge in [0.15, 0.2) is 17.3 Å². The van der Waals surface area contributed by atoms with Crippen LogP contribution in [0.5, 0.6) is 11.5 Å². The first-order valence-electron chi connectivity index (χ1n) is 5.22. The van der Waals surface area contributed by atoms with Crippen LogP contribution in [0.25, 0.3) is 0 Å². The van der Waals surface area contributed by atoms with E-state index in [1.807, 2.05) is 12.1 Å². The van der Waals surface area contributed by atoms with E-state index in [9.17, 15) is 4.57 Å². The first-order chi connectivity index (χ1) is 8.59. The molecule has 0 bridgehead atoms. The third-order valence-electron chi connectivity index (χ3n) is 2.39.